The van der Waals surface area contributed by atoms with Crippen LogP contribution in [-0.2, 0) is 21.2 Å². The summed E-state index contributed by atoms with van der Waals surface area (Å²) in [5, 5.41) is 0.426. The molecule has 0 saturated carbocycles. The SMILES string of the molecule is CCOc1ccccc1N(CC(=O)N1CCc2ccccc21)S(=O)(=O)c1ccc(Cl)cc1. The van der Waals surface area contributed by atoms with Crippen molar-refractivity contribution < 1.29 is 17.9 Å². The van der Waals surface area contributed by atoms with Crippen LogP contribution in [0.4, 0.5) is 11.4 Å². The van der Waals surface area contributed by atoms with E-state index in [0.717, 1.165) is 22.0 Å². The number of carbonyl (C=O) groups is 1. The normalized spacial score (nSPS) is 13.0. The molecule has 1 heterocycles. The number of hydrogen-bond acceptors (Lipinski definition) is 4. The van der Waals surface area contributed by atoms with Gasteiger partial charge in [-0.1, -0.05) is 41.9 Å². The molecule has 32 heavy (non-hydrogen) atoms. The zero-order valence-electron chi connectivity index (χ0n) is 17.6. The average molecular weight is 471 g/mol. The summed E-state index contributed by atoms with van der Waals surface area (Å²) in [7, 11) is -4.07. The Balaban J connectivity index is 1.75. The number of nitrogens with zero attached hydrogens (tertiary/aromatic N) is 2. The van der Waals surface area contributed by atoms with Crippen LogP contribution in [0.5, 0.6) is 5.75 Å². The number of para-hydroxylation sites is 3. The molecule has 0 fully saturated rings. The highest BCUT2D eigenvalue weighted by Gasteiger charge is 2.33. The summed E-state index contributed by atoms with van der Waals surface area (Å²) in [5.74, 6) is 0.0842. The van der Waals surface area contributed by atoms with Crippen LogP contribution in [0.15, 0.2) is 77.7 Å². The molecule has 0 radical (unpaired) electrons. The summed E-state index contributed by atoms with van der Waals surface area (Å²) in [4.78, 5) is 15.0. The highest BCUT2D eigenvalue weighted by atomic mass is 35.5. The molecule has 0 aromatic heterocycles. The highest BCUT2D eigenvalue weighted by molar-refractivity contribution is 7.92. The first kappa shape index (κ1) is 22.2. The lowest BCUT2D eigenvalue weighted by atomic mass is 10.2. The standard InChI is InChI=1S/C24H23ClN2O4S/c1-2-31-23-10-6-5-9-22(23)27(32(29,30)20-13-11-19(25)12-14-20)17-24(28)26-16-15-18-7-3-4-8-21(18)26/h3-14H,2,15-17H2,1H3. The minimum atomic E-state index is -4.07. The van der Waals surface area contributed by atoms with E-state index >= 15 is 0 Å². The highest BCUT2D eigenvalue weighted by Crippen LogP contribution is 2.34. The predicted octanol–water partition coefficient (Wildman–Crippen LogP) is 4.52. The largest absolute Gasteiger partial charge is 0.492 e. The second-order valence-electron chi connectivity index (χ2n) is 7.29. The smallest absolute Gasteiger partial charge is 0.264 e. The molecule has 0 N–H and O–H groups in total. The zero-order chi connectivity index (χ0) is 22.7. The molecule has 0 bridgehead atoms. The van der Waals surface area contributed by atoms with Crippen molar-refractivity contribution >= 4 is 38.9 Å². The summed E-state index contributed by atoms with van der Waals surface area (Å²) in [6.07, 6.45) is 0.737. The van der Waals surface area contributed by atoms with E-state index in [1.54, 1.807) is 29.2 Å². The van der Waals surface area contributed by atoms with Gasteiger partial charge in [0.05, 0.1) is 17.2 Å². The van der Waals surface area contributed by atoms with Crippen molar-refractivity contribution in [2.24, 2.45) is 0 Å². The molecule has 1 aliphatic rings. The van der Waals surface area contributed by atoms with Crippen molar-refractivity contribution in [3.05, 3.63) is 83.4 Å². The van der Waals surface area contributed by atoms with Crippen LogP contribution in [-0.4, -0.2) is 34.0 Å². The molecule has 0 unspecified atom stereocenters. The Bertz CT molecular complexity index is 1230. The molecule has 3 aromatic carbocycles. The number of sulfonamides is 1. The van der Waals surface area contributed by atoms with Crippen LogP contribution in [0.2, 0.25) is 5.02 Å². The Kier molecular flexibility index (Phi) is 6.39. The van der Waals surface area contributed by atoms with Gasteiger partial charge in [0.2, 0.25) is 5.91 Å². The van der Waals surface area contributed by atoms with Crippen LogP contribution in [0.25, 0.3) is 0 Å². The van der Waals surface area contributed by atoms with Gasteiger partial charge in [-0.2, -0.15) is 0 Å². The maximum Gasteiger partial charge on any atom is 0.264 e. The van der Waals surface area contributed by atoms with Crippen molar-refractivity contribution in [2.75, 3.05) is 28.9 Å². The van der Waals surface area contributed by atoms with E-state index in [1.165, 1.54) is 24.3 Å². The lowest BCUT2D eigenvalue weighted by Crippen LogP contribution is -2.42. The fraction of sp³-hybridized carbons (Fsp3) is 0.208. The van der Waals surface area contributed by atoms with Crippen LogP contribution in [0.1, 0.15) is 12.5 Å². The number of halogens is 1. The van der Waals surface area contributed by atoms with Gasteiger partial charge in [0.15, 0.2) is 0 Å². The molecule has 0 saturated heterocycles. The van der Waals surface area contributed by atoms with Gasteiger partial charge in [-0.3, -0.25) is 9.10 Å². The van der Waals surface area contributed by atoms with Crippen LogP contribution < -0.4 is 13.9 Å². The fourth-order valence-corrected chi connectivity index (χ4v) is 5.33. The van der Waals surface area contributed by atoms with Gasteiger partial charge in [-0.05, 0) is 61.4 Å². The molecule has 0 atom stereocenters. The molecule has 3 aromatic rings. The maximum atomic E-state index is 13.7. The van der Waals surface area contributed by atoms with Crippen molar-refractivity contribution in [2.45, 2.75) is 18.2 Å². The minimum absolute atomic E-state index is 0.0443. The third-order valence-corrected chi connectivity index (χ3v) is 7.33. The minimum Gasteiger partial charge on any atom is -0.492 e. The van der Waals surface area contributed by atoms with E-state index in [2.05, 4.69) is 0 Å². The number of benzene rings is 3. The van der Waals surface area contributed by atoms with Crippen LogP contribution in [0, 0.1) is 0 Å². The van der Waals surface area contributed by atoms with Gasteiger partial charge in [0.1, 0.15) is 12.3 Å². The van der Waals surface area contributed by atoms with Crippen molar-refractivity contribution in [1.82, 2.24) is 0 Å². The molecule has 1 aliphatic heterocycles. The number of carbonyl (C=O) groups excluding carboxylic acids is 1. The van der Waals surface area contributed by atoms with Gasteiger partial charge in [-0.15, -0.1) is 0 Å². The Labute approximate surface area is 193 Å². The number of fused-ring (bicyclic) bond motifs is 1. The number of ether oxygens (including phenoxy) is 1. The summed E-state index contributed by atoms with van der Waals surface area (Å²) in [5.41, 5.74) is 2.20. The zero-order valence-corrected chi connectivity index (χ0v) is 19.1. The monoisotopic (exact) mass is 470 g/mol. The first-order valence-electron chi connectivity index (χ1n) is 10.3. The number of hydrogen-bond donors (Lipinski definition) is 0. The van der Waals surface area contributed by atoms with Crippen LogP contribution >= 0.6 is 11.6 Å². The molecule has 1 amide bonds. The predicted molar refractivity (Wildman–Crippen MR) is 126 cm³/mol. The molecule has 0 spiro atoms. The second-order valence-corrected chi connectivity index (χ2v) is 9.59. The lowest BCUT2D eigenvalue weighted by molar-refractivity contribution is -0.117. The molecule has 6 nitrogen and oxygen atoms in total. The van der Waals surface area contributed by atoms with E-state index in [1.807, 2.05) is 31.2 Å². The Morgan fingerprint density at radius 1 is 1.03 bits per heavy atom. The van der Waals surface area contributed by atoms with E-state index < -0.39 is 10.0 Å². The number of rotatable bonds is 7. The topological polar surface area (TPSA) is 66.9 Å². The number of amides is 1. The van der Waals surface area contributed by atoms with Gasteiger partial charge in [-0.25, -0.2) is 8.42 Å². The summed E-state index contributed by atoms with van der Waals surface area (Å²) >= 11 is 5.95. The average Bonchev–Trinajstić information content (AvgIpc) is 3.23. The van der Waals surface area contributed by atoms with Crippen molar-refractivity contribution in [3.63, 3.8) is 0 Å². The van der Waals surface area contributed by atoms with Gasteiger partial charge in [0.25, 0.3) is 10.0 Å². The van der Waals surface area contributed by atoms with Gasteiger partial charge < -0.3 is 9.64 Å². The Hall–Kier alpha value is -3.03. The molecular weight excluding hydrogens is 448 g/mol. The van der Waals surface area contributed by atoms with E-state index in [4.69, 9.17) is 16.3 Å². The molecule has 4 rings (SSSR count). The Morgan fingerprint density at radius 2 is 1.72 bits per heavy atom. The van der Waals surface area contributed by atoms with Crippen molar-refractivity contribution in [1.29, 1.82) is 0 Å². The molecule has 8 heteroatoms. The van der Waals surface area contributed by atoms with Gasteiger partial charge >= 0.3 is 0 Å². The maximum absolute atomic E-state index is 13.7. The van der Waals surface area contributed by atoms with E-state index in [-0.39, 0.29) is 17.3 Å². The number of anilines is 2. The lowest BCUT2D eigenvalue weighted by Gasteiger charge is -2.28. The summed E-state index contributed by atoms with van der Waals surface area (Å²) in [6, 6.07) is 20.4. The second kappa shape index (κ2) is 9.22. The van der Waals surface area contributed by atoms with Crippen molar-refractivity contribution in [3.8, 4) is 5.75 Å². The first-order chi connectivity index (χ1) is 15.4. The van der Waals surface area contributed by atoms with E-state index in [0.29, 0.717) is 29.6 Å². The van der Waals surface area contributed by atoms with Gasteiger partial charge in [0, 0.05) is 17.3 Å². The first-order valence-corrected chi connectivity index (χ1v) is 12.1. The van der Waals surface area contributed by atoms with Crippen LogP contribution in [0.3, 0.4) is 0 Å². The molecule has 166 valence electrons. The quantitative estimate of drug-likeness (QED) is 0.509. The van der Waals surface area contributed by atoms with E-state index in [9.17, 15) is 13.2 Å². The summed E-state index contributed by atoms with van der Waals surface area (Å²) in [6.45, 7) is 2.34. The fourth-order valence-electron chi connectivity index (χ4n) is 3.78. The third kappa shape index (κ3) is 4.31. The third-order valence-electron chi connectivity index (χ3n) is 5.30. The Morgan fingerprint density at radius 3 is 2.47 bits per heavy atom. The summed E-state index contributed by atoms with van der Waals surface area (Å²) < 4.78 is 34.1. The molecular formula is C24H23ClN2O4S. The molecule has 0 aliphatic carbocycles.